The van der Waals surface area contributed by atoms with Gasteiger partial charge in [0, 0.05) is 17.7 Å². The lowest BCUT2D eigenvalue weighted by molar-refractivity contribution is -0.384. The Morgan fingerprint density at radius 1 is 1.12 bits per heavy atom. The second-order valence-corrected chi connectivity index (χ2v) is 6.98. The first-order valence-electron chi connectivity index (χ1n) is 6.83. The van der Waals surface area contributed by atoms with Crippen LogP contribution in [0.2, 0.25) is 0 Å². The molecular formula is C14H11N5O4S2. The summed E-state index contributed by atoms with van der Waals surface area (Å²) in [5.74, 6) is 0.434. The van der Waals surface area contributed by atoms with E-state index in [9.17, 15) is 18.5 Å². The van der Waals surface area contributed by atoms with Gasteiger partial charge >= 0.3 is 0 Å². The zero-order valence-corrected chi connectivity index (χ0v) is 14.1. The lowest BCUT2D eigenvalue weighted by atomic mass is 10.2. The van der Waals surface area contributed by atoms with Crippen molar-refractivity contribution in [3.05, 3.63) is 63.4 Å². The predicted octanol–water partition coefficient (Wildman–Crippen LogP) is 2.15. The number of H-pyrrole nitrogens is 1. The van der Waals surface area contributed by atoms with Crippen molar-refractivity contribution >= 4 is 27.9 Å². The number of rotatable bonds is 4. The van der Waals surface area contributed by atoms with Crippen LogP contribution in [0, 0.1) is 14.9 Å². The standard InChI is InChI=1S/C14H11N5O4S2/c15-25(22,23)12-7-5-10(6-8-12)18-13(16-17-14(18)24)9-1-3-11(4-2-9)19(20)21/h1-8H,(H,17,24)(H2,15,22,23). The van der Waals surface area contributed by atoms with Gasteiger partial charge in [-0.25, -0.2) is 13.6 Å². The van der Waals surface area contributed by atoms with Crippen molar-refractivity contribution in [3.8, 4) is 17.1 Å². The number of nitro benzene ring substituents is 1. The minimum Gasteiger partial charge on any atom is -0.268 e. The molecule has 3 aromatic rings. The number of hydrogen-bond acceptors (Lipinski definition) is 6. The molecule has 9 nitrogen and oxygen atoms in total. The van der Waals surface area contributed by atoms with Crippen molar-refractivity contribution in [2.24, 2.45) is 5.14 Å². The molecule has 3 rings (SSSR count). The number of non-ortho nitro benzene ring substituents is 1. The molecule has 0 atom stereocenters. The first-order chi connectivity index (χ1) is 11.8. The summed E-state index contributed by atoms with van der Waals surface area (Å²) < 4.78 is 24.6. The molecule has 0 saturated carbocycles. The summed E-state index contributed by atoms with van der Waals surface area (Å²) in [5.41, 5.74) is 1.13. The highest BCUT2D eigenvalue weighted by atomic mass is 32.2. The third kappa shape index (κ3) is 3.33. The third-order valence-corrected chi connectivity index (χ3v) is 4.64. The number of hydrogen-bond donors (Lipinski definition) is 2. The summed E-state index contributed by atoms with van der Waals surface area (Å²) >= 11 is 5.22. The molecule has 0 saturated heterocycles. The monoisotopic (exact) mass is 377 g/mol. The van der Waals surface area contributed by atoms with Gasteiger partial charge in [0.2, 0.25) is 10.0 Å². The van der Waals surface area contributed by atoms with Crippen LogP contribution in [0.5, 0.6) is 0 Å². The molecule has 0 fully saturated rings. The third-order valence-electron chi connectivity index (χ3n) is 3.43. The summed E-state index contributed by atoms with van der Waals surface area (Å²) in [6, 6.07) is 11.6. The quantitative estimate of drug-likeness (QED) is 0.406. The van der Waals surface area contributed by atoms with E-state index in [1.54, 1.807) is 28.8 Å². The number of nitrogens with one attached hydrogen (secondary N) is 1. The van der Waals surface area contributed by atoms with Crippen molar-refractivity contribution in [2.75, 3.05) is 0 Å². The fourth-order valence-corrected chi connectivity index (χ4v) is 3.00. The second-order valence-electron chi connectivity index (χ2n) is 5.03. The lowest BCUT2D eigenvalue weighted by Crippen LogP contribution is -2.12. The van der Waals surface area contributed by atoms with Crippen LogP contribution in [-0.2, 0) is 10.0 Å². The largest absolute Gasteiger partial charge is 0.269 e. The van der Waals surface area contributed by atoms with Crippen molar-refractivity contribution < 1.29 is 13.3 Å². The van der Waals surface area contributed by atoms with Gasteiger partial charge in [-0.2, -0.15) is 5.10 Å². The van der Waals surface area contributed by atoms with Gasteiger partial charge in [-0.15, -0.1) is 0 Å². The fourth-order valence-electron chi connectivity index (χ4n) is 2.25. The van der Waals surface area contributed by atoms with E-state index < -0.39 is 14.9 Å². The number of aromatic amines is 1. The number of sulfonamides is 1. The zero-order chi connectivity index (χ0) is 18.2. The normalized spacial score (nSPS) is 11.4. The number of benzene rings is 2. The van der Waals surface area contributed by atoms with Gasteiger partial charge in [0.05, 0.1) is 15.5 Å². The molecule has 0 aliphatic heterocycles. The number of primary sulfonamides is 1. The molecule has 0 aliphatic carbocycles. The van der Waals surface area contributed by atoms with Crippen molar-refractivity contribution in [3.63, 3.8) is 0 Å². The van der Waals surface area contributed by atoms with E-state index in [0.717, 1.165) is 0 Å². The molecule has 0 bridgehead atoms. The van der Waals surface area contributed by atoms with Crippen LogP contribution < -0.4 is 5.14 Å². The van der Waals surface area contributed by atoms with E-state index in [4.69, 9.17) is 17.4 Å². The number of nitrogens with zero attached hydrogens (tertiary/aromatic N) is 3. The Morgan fingerprint density at radius 2 is 1.72 bits per heavy atom. The predicted molar refractivity (Wildman–Crippen MR) is 92.2 cm³/mol. The zero-order valence-electron chi connectivity index (χ0n) is 12.5. The van der Waals surface area contributed by atoms with Crippen LogP contribution in [0.25, 0.3) is 17.1 Å². The molecule has 25 heavy (non-hydrogen) atoms. The fraction of sp³-hybridized carbons (Fsp3) is 0. The highest BCUT2D eigenvalue weighted by molar-refractivity contribution is 7.89. The Hall–Kier alpha value is -2.89. The highest BCUT2D eigenvalue weighted by Crippen LogP contribution is 2.24. The van der Waals surface area contributed by atoms with Crippen LogP contribution in [-0.4, -0.2) is 28.1 Å². The summed E-state index contributed by atoms with van der Waals surface area (Å²) in [5, 5.41) is 22.6. The van der Waals surface area contributed by atoms with Crippen LogP contribution in [0.3, 0.4) is 0 Å². The van der Waals surface area contributed by atoms with Gasteiger partial charge in [0.25, 0.3) is 5.69 Å². The minimum absolute atomic E-state index is 0.0249. The molecule has 1 aromatic heterocycles. The summed E-state index contributed by atoms with van der Waals surface area (Å²) in [4.78, 5) is 10.2. The SMILES string of the molecule is NS(=O)(=O)c1ccc(-n2c(-c3ccc([N+](=O)[O-])cc3)n[nH]c2=S)cc1. The van der Waals surface area contributed by atoms with E-state index >= 15 is 0 Å². The van der Waals surface area contributed by atoms with Crippen molar-refractivity contribution in [1.29, 1.82) is 0 Å². The van der Waals surface area contributed by atoms with Gasteiger partial charge in [-0.1, -0.05) is 0 Å². The first-order valence-corrected chi connectivity index (χ1v) is 8.78. The number of nitrogens with two attached hydrogens (primary N) is 1. The maximum absolute atomic E-state index is 11.3. The van der Waals surface area contributed by atoms with Gasteiger partial charge < -0.3 is 0 Å². The maximum atomic E-state index is 11.3. The average molecular weight is 377 g/mol. The van der Waals surface area contributed by atoms with Crippen LogP contribution in [0.4, 0.5) is 5.69 Å². The average Bonchev–Trinajstić information content (AvgIpc) is 2.96. The van der Waals surface area contributed by atoms with Crippen LogP contribution in [0.1, 0.15) is 0 Å². The smallest absolute Gasteiger partial charge is 0.268 e. The van der Waals surface area contributed by atoms with E-state index in [1.165, 1.54) is 24.3 Å². The van der Waals surface area contributed by atoms with E-state index in [0.29, 0.717) is 17.1 Å². The maximum Gasteiger partial charge on any atom is 0.269 e. The Bertz CT molecular complexity index is 1100. The van der Waals surface area contributed by atoms with E-state index in [-0.39, 0.29) is 15.4 Å². The molecule has 128 valence electrons. The molecular weight excluding hydrogens is 366 g/mol. The summed E-state index contributed by atoms with van der Waals surface area (Å²) in [6.07, 6.45) is 0. The Kier molecular flexibility index (Phi) is 4.20. The Balaban J connectivity index is 2.08. The summed E-state index contributed by atoms with van der Waals surface area (Å²) in [7, 11) is -3.80. The van der Waals surface area contributed by atoms with Gasteiger partial charge in [-0.05, 0) is 48.6 Å². The Labute approximate surface area is 146 Å². The number of aromatic nitrogens is 3. The molecule has 0 amide bonds. The number of nitro groups is 1. The molecule has 0 unspecified atom stereocenters. The van der Waals surface area contributed by atoms with Gasteiger partial charge in [-0.3, -0.25) is 19.8 Å². The van der Waals surface area contributed by atoms with Crippen LogP contribution in [0.15, 0.2) is 53.4 Å². The topological polar surface area (TPSA) is 137 Å². The first kappa shape index (κ1) is 17.0. The molecule has 1 heterocycles. The molecule has 2 aromatic carbocycles. The summed E-state index contributed by atoms with van der Waals surface area (Å²) in [6.45, 7) is 0. The molecule has 0 aliphatic rings. The lowest BCUT2D eigenvalue weighted by Gasteiger charge is -2.07. The second kappa shape index (κ2) is 6.20. The van der Waals surface area contributed by atoms with Crippen LogP contribution >= 0.6 is 12.2 Å². The van der Waals surface area contributed by atoms with Crippen molar-refractivity contribution in [1.82, 2.24) is 14.8 Å². The molecule has 0 spiro atoms. The highest BCUT2D eigenvalue weighted by Gasteiger charge is 2.14. The molecule has 3 N–H and O–H groups in total. The molecule has 0 radical (unpaired) electrons. The van der Waals surface area contributed by atoms with Gasteiger partial charge in [0.15, 0.2) is 10.6 Å². The van der Waals surface area contributed by atoms with E-state index in [2.05, 4.69) is 10.2 Å². The van der Waals surface area contributed by atoms with E-state index in [1.807, 2.05) is 0 Å². The Morgan fingerprint density at radius 3 is 2.24 bits per heavy atom. The van der Waals surface area contributed by atoms with Gasteiger partial charge in [0.1, 0.15) is 0 Å². The minimum atomic E-state index is -3.80. The molecule has 11 heteroatoms. The van der Waals surface area contributed by atoms with Crippen molar-refractivity contribution in [2.45, 2.75) is 4.90 Å².